The molecule has 0 saturated carbocycles. The average molecular weight is 373 g/mol. The molecule has 2 rings (SSSR count). The van der Waals surface area contributed by atoms with Crippen molar-refractivity contribution in [2.24, 2.45) is 11.3 Å². The van der Waals surface area contributed by atoms with Crippen molar-refractivity contribution in [3.8, 4) is 0 Å². The van der Waals surface area contributed by atoms with Crippen LogP contribution in [-0.4, -0.2) is 18.0 Å². The number of ether oxygens (including phenoxy) is 2. The van der Waals surface area contributed by atoms with Crippen molar-refractivity contribution in [1.29, 1.82) is 0 Å². The molecule has 1 heterocycles. The second-order valence-electron chi connectivity index (χ2n) is 8.74. The number of rotatable bonds is 4. The first-order chi connectivity index (χ1) is 12.5. The minimum atomic E-state index is -0.650. The van der Waals surface area contributed by atoms with Crippen LogP contribution in [0.15, 0.2) is 17.9 Å². The zero-order valence-electron chi connectivity index (χ0n) is 17.9. The van der Waals surface area contributed by atoms with Gasteiger partial charge < -0.3 is 9.47 Å². The fourth-order valence-electron chi connectivity index (χ4n) is 3.39. The van der Waals surface area contributed by atoms with Crippen molar-refractivity contribution in [2.45, 2.75) is 74.3 Å². The standard InChI is InChI=1S/C23H32O4/c1-9-14(3)17-12-18(27-22(25)23(6,7)8)20(21(24)26-17)19-15(4)10-13(2)11-16(19)5/h10-11,14,17H,9,12H2,1-8H3. The van der Waals surface area contributed by atoms with E-state index in [4.69, 9.17) is 9.47 Å². The van der Waals surface area contributed by atoms with Gasteiger partial charge in [0.1, 0.15) is 17.4 Å². The molecule has 0 N–H and O–H groups in total. The summed E-state index contributed by atoms with van der Waals surface area (Å²) >= 11 is 0. The highest BCUT2D eigenvalue weighted by molar-refractivity contribution is 6.19. The van der Waals surface area contributed by atoms with Gasteiger partial charge in [0, 0.05) is 6.42 Å². The fraction of sp³-hybridized carbons (Fsp3) is 0.565. The maximum atomic E-state index is 13.0. The summed E-state index contributed by atoms with van der Waals surface area (Å²) in [6, 6.07) is 4.07. The maximum Gasteiger partial charge on any atom is 0.342 e. The summed E-state index contributed by atoms with van der Waals surface area (Å²) in [5.41, 5.74) is 3.63. The lowest BCUT2D eigenvalue weighted by Crippen LogP contribution is -2.34. The highest BCUT2D eigenvalue weighted by Crippen LogP contribution is 2.37. The van der Waals surface area contributed by atoms with Crippen LogP contribution in [0.3, 0.4) is 0 Å². The zero-order valence-corrected chi connectivity index (χ0v) is 17.9. The summed E-state index contributed by atoms with van der Waals surface area (Å²) in [5.74, 6) is -0.112. The predicted molar refractivity (Wildman–Crippen MR) is 107 cm³/mol. The van der Waals surface area contributed by atoms with Gasteiger partial charge in [-0.2, -0.15) is 0 Å². The molecule has 0 radical (unpaired) electrons. The Bertz CT molecular complexity index is 757. The van der Waals surface area contributed by atoms with Crippen LogP contribution in [0.2, 0.25) is 0 Å². The molecule has 4 nitrogen and oxygen atoms in total. The molecule has 1 aromatic carbocycles. The molecular weight excluding hydrogens is 340 g/mol. The molecule has 0 bridgehead atoms. The van der Waals surface area contributed by atoms with Gasteiger partial charge in [-0.15, -0.1) is 0 Å². The minimum Gasteiger partial charge on any atom is -0.458 e. The number of cyclic esters (lactones) is 1. The van der Waals surface area contributed by atoms with Gasteiger partial charge in [-0.3, -0.25) is 4.79 Å². The molecule has 2 atom stereocenters. The van der Waals surface area contributed by atoms with Crippen molar-refractivity contribution >= 4 is 17.5 Å². The molecule has 1 aliphatic rings. The van der Waals surface area contributed by atoms with Crippen LogP contribution in [0.5, 0.6) is 0 Å². The van der Waals surface area contributed by atoms with Gasteiger partial charge in [0.15, 0.2) is 0 Å². The molecule has 0 fully saturated rings. The van der Waals surface area contributed by atoms with Crippen molar-refractivity contribution < 1.29 is 19.1 Å². The molecule has 27 heavy (non-hydrogen) atoms. The second-order valence-corrected chi connectivity index (χ2v) is 8.74. The van der Waals surface area contributed by atoms with Crippen molar-refractivity contribution in [1.82, 2.24) is 0 Å². The average Bonchev–Trinajstić information content (AvgIpc) is 2.54. The van der Waals surface area contributed by atoms with Crippen LogP contribution < -0.4 is 0 Å². The molecule has 4 heteroatoms. The van der Waals surface area contributed by atoms with E-state index >= 15 is 0 Å². The Hall–Kier alpha value is -2.10. The third-order valence-corrected chi connectivity index (χ3v) is 5.16. The molecule has 1 aliphatic heterocycles. The van der Waals surface area contributed by atoms with Gasteiger partial charge >= 0.3 is 11.9 Å². The summed E-state index contributed by atoms with van der Waals surface area (Å²) in [6.07, 6.45) is 1.03. The lowest BCUT2D eigenvalue weighted by Gasteiger charge is -2.31. The van der Waals surface area contributed by atoms with E-state index in [1.807, 2.05) is 53.7 Å². The number of carbonyl (C=O) groups excluding carboxylic acids is 2. The molecule has 0 amide bonds. The summed E-state index contributed by atoms with van der Waals surface area (Å²) in [7, 11) is 0. The summed E-state index contributed by atoms with van der Waals surface area (Å²) in [5, 5.41) is 0. The first kappa shape index (κ1) is 21.2. The van der Waals surface area contributed by atoms with Crippen molar-refractivity contribution in [3.05, 3.63) is 40.1 Å². The quantitative estimate of drug-likeness (QED) is 0.675. The highest BCUT2D eigenvalue weighted by Gasteiger charge is 2.37. The van der Waals surface area contributed by atoms with Crippen LogP contribution in [0, 0.1) is 32.1 Å². The van der Waals surface area contributed by atoms with Gasteiger partial charge in [0.25, 0.3) is 0 Å². The number of carbonyl (C=O) groups is 2. The van der Waals surface area contributed by atoms with E-state index in [2.05, 4.69) is 13.8 Å². The smallest absolute Gasteiger partial charge is 0.342 e. The number of hydrogen-bond donors (Lipinski definition) is 0. The molecule has 0 aromatic heterocycles. The minimum absolute atomic E-state index is 0.194. The predicted octanol–water partition coefficient (Wildman–Crippen LogP) is 5.27. The van der Waals surface area contributed by atoms with Crippen molar-refractivity contribution in [2.75, 3.05) is 0 Å². The monoisotopic (exact) mass is 372 g/mol. The van der Waals surface area contributed by atoms with Gasteiger partial charge in [-0.1, -0.05) is 38.0 Å². The first-order valence-corrected chi connectivity index (χ1v) is 9.70. The molecular formula is C23H32O4. The van der Waals surface area contributed by atoms with Crippen molar-refractivity contribution in [3.63, 3.8) is 0 Å². The van der Waals surface area contributed by atoms with Crippen LogP contribution in [0.25, 0.3) is 5.57 Å². The normalized spacial score (nSPS) is 19.0. The molecule has 148 valence electrons. The SMILES string of the molecule is CCC(C)C1CC(OC(=O)C(C)(C)C)=C(c2c(C)cc(C)cc2C)C(=O)O1. The third kappa shape index (κ3) is 4.60. The second kappa shape index (κ2) is 7.87. The Morgan fingerprint density at radius 3 is 2.26 bits per heavy atom. The van der Waals surface area contributed by atoms with Crippen LogP contribution >= 0.6 is 0 Å². The zero-order chi connectivity index (χ0) is 20.5. The molecule has 0 saturated heterocycles. The van der Waals surface area contributed by atoms with Gasteiger partial charge in [0.2, 0.25) is 0 Å². The summed E-state index contributed by atoms with van der Waals surface area (Å²) in [6.45, 7) is 15.5. The Kier molecular flexibility index (Phi) is 6.18. The van der Waals surface area contributed by atoms with E-state index in [9.17, 15) is 9.59 Å². The Labute approximate surface area is 162 Å². The van der Waals surface area contributed by atoms with E-state index in [0.717, 1.165) is 28.7 Å². The van der Waals surface area contributed by atoms with E-state index in [-0.39, 0.29) is 18.0 Å². The Morgan fingerprint density at radius 2 is 1.78 bits per heavy atom. The van der Waals surface area contributed by atoms with E-state index in [1.54, 1.807) is 0 Å². The Balaban J connectivity index is 2.62. The third-order valence-electron chi connectivity index (χ3n) is 5.16. The number of hydrogen-bond acceptors (Lipinski definition) is 4. The summed E-state index contributed by atoms with van der Waals surface area (Å²) < 4.78 is 11.6. The van der Waals surface area contributed by atoms with Gasteiger partial charge in [0.05, 0.1) is 5.41 Å². The largest absolute Gasteiger partial charge is 0.458 e. The lowest BCUT2D eigenvalue weighted by molar-refractivity contribution is -0.152. The molecule has 0 spiro atoms. The van der Waals surface area contributed by atoms with Gasteiger partial charge in [-0.05, 0) is 64.2 Å². The van der Waals surface area contributed by atoms with Crippen LogP contribution in [-0.2, 0) is 19.1 Å². The van der Waals surface area contributed by atoms with Crippen LogP contribution in [0.4, 0.5) is 0 Å². The van der Waals surface area contributed by atoms with E-state index in [0.29, 0.717) is 17.8 Å². The molecule has 0 aliphatic carbocycles. The first-order valence-electron chi connectivity index (χ1n) is 9.70. The topological polar surface area (TPSA) is 52.6 Å². The van der Waals surface area contributed by atoms with Crippen LogP contribution in [0.1, 0.15) is 69.7 Å². The maximum absolute atomic E-state index is 13.0. The lowest BCUT2D eigenvalue weighted by atomic mass is 9.88. The number of esters is 2. The number of aryl methyl sites for hydroxylation is 3. The highest BCUT2D eigenvalue weighted by atomic mass is 16.6. The summed E-state index contributed by atoms with van der Waals surface area (Å²) in [4.78, 5) is 25.6. The fourth-order valence-corrected chi connectivity index (χ4v) is 3.39. The van der Waals surface area contributed by atoms with Gasteiger partial charge in [-0.25, -0.2) is 4.79 Å². The number of benzene rings is 1. The Morgan fingerprint density at radius 1 is 1.22 bits per heavy atom. The molecule has 1 aromatic rings. The van der Waals surface area contributed by atoms with E-state index < -0.39 is 11.4 Å². The van der Waals surface area contributed by atoms with E-state index in [1.165, 1.54) is 0 Å². The molecule has 2 unspecified atom stereocenters.